The second-order valence-electron chi connectivity index (χ2n) is 5.22. The maximum atomic E-state index is 13.8. The van der Waals surface area contributed by atoms with Gasteiger partial charge in [-0.1, -0.05) is 11.6 Å². The predicted octanol–water partition coefficient (Wildman–Crippen LogP) is 3.62. The van der Waals surface area contributed by atoms with Crippen molar-refractivity contribution >= 4 is 17.5 Å². The first-order chi connectivity index (χ1) is 9.11. The Morgan fingerprint density at radius 3 is 3.05 bits per heavy atom. The van der Waals surface area contributed by atoms with E-state index in [1.807, 2.05) is 6.92 Å². The first kappa shape index (κ1) is 14.3. The molecule has 1 aliphatic rings. The first-order valence-electron chi connectivity index (χ1n) is 6.73. The van der Waals surface area contributed by atoms with E-state index in [1.165, 1.54) is 6.07 Å². The molecule has 4 heteroatoms. The van der Waals surface area contributed by atoms with Gasteiger partial charge in [0.1, 0.15) is 5.82 Å². The molecule has 1 aliphatic heterocycles. The lowest BCUT2D eigenvalue weighted by molar-refractivity contribution is 0.0667. The molecule has 19 heavy (non-hydrogen) atoms. The number of likely N-dealkylation sites (tertiary alicyclic amines) is 1. The molecule has 0 spiro atoms. The van der Waals surface area contributed by atoms with E-state index in [1.54, 1.807) is 17.0 Å². The van der Waals surface area contributed by atoms with E-state index < -0.39 is 5.82 Å². The molecule has 0 N–H and O–H groups in total. The highest BCUT2D eigenvalue weighted by Gasteiger charge is 2.25. The molecule has 1 amide bonds. The summed E-state index contributed by atoms with van der Waals surface area (Å²) in [6.07, 6.45) is 3.00. The monoisotopic (exact) mass is 283 g/mol. The number of hydrogen-bond donors (Lipinski definition) is 0. The summed E-state index contributed by atoms with van der Waals surface area (Å²) in [7, 11) is 0. The Kier molecular flexibility index (Phi) is 4.81. The number of alkyl halides is 1. The van der Waals surface area contributed by atoms with Gasteiger partial charge in [0.05, 0.1) is 5.56 Å². The van der Waals surface area contributed by atoms with Gasteiger partial charge in [-0.05, 0) is 44.2 Å². The summed E-state index contributed by atoms with van der Waals surface area (Å²) in [6, 6.07) is 4.67. The van der Waals surface area contributed by atoms with Crippen LogP contribution in [0.25, 0.3) is 0 Å². The summed E-state index contributed by atoms with van der Waals surface area (Å²) in [5.41, 5.74) is 1.09. The lowest BCUT2D eigenvalue weighted by atomic mass is 9.95. The lowest BCUT2D eigenvalue weighted by Gasteiger charge is -2.32. The molecule has 0 saturated carbocycles. The van der Waals surface area contributed by atoms with Crippen molar-refractivity contribution in [2.24, 2.45) is 5.92 Å². The highest BCUT2D eigenvalue weighted by Crippen LogP contribution is 2.22. The Hall–Kier alpha value is -1.09. The Morgan fingerprint density at radius 1 is 1.53 bits per heavy atom. The van der Waals surface area contributed by atoms with E-state index in [9.17, 15) is 9.18 Å². The largest absolute Gasteiger partial charge is 0.338 e. The van der Waals surface area contributed by atoms with Crippen LogP contribution in [0, 0.1) is 18.7 Å². The number of nitrogens with zero attached hydrogens (tertiary/aromatic N) is 1. The van der Waals surface area contributed by atoms with Gasteiger partial charge in [-0.15, -0.1) is 11.6 Å². The number of benzene rings is 1. The molecule has 1 heterocycles. The van der Waals surface area contributed by atoms with Crippen LogP contribution in [0.2, 0.25) is 0 Å². The van der Waals surface area contributed by atoms with Gasteiger partial charge in [0.15, 0.2) is 0 Å². The maximum absolute atomic E-state index is 13.8. The van der Waals surface area contributed by atoms with Gasteiger partial charge in [-0.2, -0.15) is 0 Å². The van der Waals surface area contributed by atoms with E-state index in [4.69, 9.17) is 11.6 Å². The smallest absolute Gasteiger partial charge is 0.256 e. The Morgan fingerprint density at radius 2 is 2.32 bits per heavy atom. The van der Waals surface area contributed by atoms with Crippen LogP contribution in [0.3, 0.4) is 0 Å². The Balaban J connectivity index is 2.12. The van der Waals surface area contributed by atoms with Crippen molar-refractivity contribution in [2.45, 2.75) is 26.2 Å². The van der Waals surface area contributed by atoms with Crippen LogP contribution in [0.4, 0.5) is 4.39 Å². The quantitative estimate of drug-likeness (QED) is 0.776. The minimum atomic E-state index is -0.435. The van der Waals surface area contributed by atoms with Gasteiger partial charge in [-0.25, -0.2) is 4.39 Å². The number of aryl methyl sites for hydroxylation is 1. The zero-order chi connectivity index (χ0) is 13.8. The van der Waals surface area contributed by atoms with Crippen molar-refractivity contribution in [1.82, 2.24) is 4.90 Å². The van der Waals surface area contributed by atoms with Crippen LogP contribution in [0.1, 0.15) is 35.2 Å². The van der Waals surface area contributed by atoms with E-state index in [0.717, 1.165) is 24.8 Å². The second kappa shape index (κ2) is 6.38. The number of halogens is 2. The zero-order valence-electron chi connectivity index (χ0n) is 11.2. The molecule has 0 aromatic heterocycles. The molecule has 2 rings (SSSR count). The number of rotatable bonds is 3. The summed E-state index contributed by atoms with van der Waals surface area (Å²) < 4.78 is 13.8. The minimum Gasteiger partial charge on any atom is -0.338 e. The first-order valence-corrected chi connectivity index (χ1v) is 7.26. The normalized spacial score (nSPS) is 19.5. The average Bonchev–Trinajstić information content (AvgIpc) is 2.41. The molecule has 2 nitrogen and oxygen atoms in total. The molecule has 0 bridgehead atoms. The van der Waals surface area contributed by atoms with Gasteiger partial charge in [-0.3, -0.25) is 4.79 Å². The highest BCUT2D eigenvalue weighted by molar-refractivity contribution is 6.17. The Bertz CT molecular complexity index is 461. The number of carbonyl (C=O) groups excluding carboxylic acids is 1. The molecule has 1 saturated heterocycles. The fraction of sp³-hybridized carbons (Fsp3) is 0.533. The lowest BCUT2D eigenvalue weighted by Crippen LogP contribution is -2.40. The van der Waals surface area contributed by atoms with E-state index in [0.29, 0.717) is 24.9 Å². The third-order valence-electron chi connectivity index (χ3n) is 3.68. The van der Waals surface area contributed by atoms with Crippen molar-refractivity contribution < 1.29 is 9.18 Å². The standard InChI is InChI=1S/C15H19ClFNO/c1-11-4-5-14(17)13(9-11)15(19)18-8-2-3-12(10-18)6-7-16/h4-5,9,12H,2-3,6-8,10H2,1H3. The van der Waals surface area contributed by atoms with Crippen molar-refractivity contribution in [1.29, 1.82) is 0 Å². The van der Waals surface area contributed by atoms with E-state index in [2.05, 4.69) is 0 Å². The van der Waals surface area contributed by atoms with Crippen LogP contribution in [0.5, 0.6) is 0 Å². The van der Waals surface area contributed by atoms with Crippen LogP contribution < -0.4 is 0 Å². The van der Waals surface area contributed by atoms with Crippen molar-refractivity contribution in [2.75, 3.05) is 19.0 Å². The number of hydrogen-bond acceptors (Lipinski definition) is 1. The summed E-state index contributed by atoms with van der Waals surface area (Å²) in [5.74, 6) is 0.435. The average molecular weight is 284 g/mol. The summed E-state index contributed by atoms with van der Waals surface area (Å²) in [6.45, 7) is 3.27. The van der Waals surface area contributed by atoms with E-state index >= 15 is 0 Å². The summed E-state index contributed by atoms with van der Waals surface area (Å²) in [5, 5.41) is 0. The van der Waals surface area contributed by atoms with Crippen LogP contribution in [-0.2, 0) is 0 Å². The third-order valence-corrected chi connectivity index (χ3v) is 3.89. The third kappa shape index (κ3) is 3.47. The fourth-order valence-corrected chi connectivity index (χ4v) is 2.92. The molecule has 1 atom stereocenters. The van der Waals surface area contributed by atoms with Gasteiger partial charge in [0.25, 0.3) is 5.91 Å². The molecule has 1 fully saturated rings. The molecule has 0 radical (unpaired) electrons. The van der Waals surface area contributed by atoms with Crippen LogP contribution in [-0.4, -0.2) is 29.8 Å². The summed E-state index contributed by atoms with van der Waals surface area (Å²) in [4.78, 5) is 14.1. The fourth-order valence-electron chi connectivity index (χ4n) is 2.61. The number of piperidine rings is 1. The van der Waals surface area contributed by atoms with Gasteiger partial charge >= 0.3 is 0 Å². The molecule has 104 valence electrons. The van der Waals surface area contributed by atoms with Gasteiger partial charge < -0.3 is 4.90 Å². The molecule has 1 aromatic carbocycles. The van der Waals surface area contributed by atoms with Gasteiger partial charge in [0.2, 0.25) is 0 Å². The predicted molar refractivity (Wildman–Crippen MR) is 75.1 cm³/mol. The van der Waals surface area contributed by atoms with Crippen LogP contribution in [0.15, 0.2) is 18.2 Å². The SMILES string of the molecule is Cc1ccc(F)c(C(=O)N2CCCC(CCCl)C2)c1. The second-order valence-corrected chi connectivity index (χ2v) is 5.60. The summed E-state index contributed by atoms with van der Waals surface area (Å²) >= 11 is 5.76. The van der Waals surface area contributed by atoms with Gasteiger partial charge in [0, 0.05) is 19.0 Å². The molecular weight excluding hydrogens is 265 g/mol. The number of carbonyl (C=O) groups is 1. The molecule has 0 aliphatic carbocycles. The Labute approximate surface area is 118 Å². The zero-order valence-corrected chi connectivity index (χ0v) is 11.9. The van der Waals surface area contributed by atoms with Crippen molar-refractivity contribution in [3.8, 4) is 0 Å². The number of amides is 1. The molecule has 1 unspecified atom stereocenters. The maximum Gasteiger partial charge on any atom is 0.256 e. The van der Waals surface area contributed by atoms with E-state index in [-0.39, 0.29) is 11.5 Å². The topological polar surface area (TPSA) is 20.3 Å². The molecular formula is C15H19ClFNO. The van der Waals surface area contributed by atoms with Crippen molar-refractivity contribution in [3.63, 3.8) is 0 Å². The van der Waals surface area contributed by atoms with Crippen molar-refractivity contribution in [3.05, 3.63) is 35.1 Å². The molecule has 1 aromatic rings. The van der Waals surface area contributed by atoms with Crippen LogP contribution >= 0.6 is 11.6 Å². The minimum absolute atomic E-state index is 0.187. The highest BCUT2D eigenvalue weighted by atomic mass is 35.5.